The molecule has 1 atom stereocenters. The Balaban J connectivity index is 2.90. The molecule has 0 heterocycles. The summed E-state index contributed by atoms with van der Waals surface area (Å²) < 4.78 is 10.2. The summed E-state index contributed by atoms with van der Waals surface area (Å²) in [7, 11) is 0. The molecule has 1 aromatic carbocycles. The molecule has 0 fully saturated rings. The van der Waals surface area contributed by atoms with E-state index in [0.29, 0.717) is 5.75 Å². The number of carboxylic acids is 1. The Morgan fingerprint density at radius 2 is 1.73 bits per heavy atom. The Morgan fingerprint density at radius 3 is 2.14 bits per heavy atom. The number of benzene rings is 1. The molecule has 0 amide bonds. The fourth-order valence-corrected chi connectivity index (χ4v) is 2.01. The van der Waals surface area contributed by atoms with E-state index < -0.39 is 23.8 Å². The maximum atomic E-state index is 11.7. The van der Waals surface area contributed by atoms with Crippen LogP contribution in [0.2, 0.25) is 0 Å². The lowest BCUT2D eigenvalue weighted by Gasteiger charge is -2.19. The lowest BCUT2D eigenvalue weighted by Crippen LogP contribution is -2.32. The first-order chi connectivity index (χ1) is 9.99. The first-order valence-corrected chi connectivity index (χ1v) is 6.99. The van der Waals surface area contributed by atoms with E-state index >= 15 is 0 Å². The fraction of sp³-hybridized carbons (Fsp3) is 0.500. The molecule has 0 saturated carbocycles. The summed E-state index contributed by atoms with van der Waals surface area (Å²) >= 11 is 0. The number of aliphatic carboxylic acids is 1. The average Bonchev–Trinajstić information content (AvgIpc) is 2.30. The van der Waals surface area contributed by atoms with E-state index in [0.717, 1.165) is 16.7 Å². The van der Waals surface area contributed by atoms with Crippen molar-refractivity contribution >= 4 is 12.1 Å². The maximum Gasteiger partial charge on any atom is 0.514 e. The summed E-state index contributed by atoms with van der Waals surface area (Å²) in [6, 6.07) is 2.37. The topological polar surface area (TPSA) is 98.9 Å². The number of rotatable bonds is 4. The Labute approximate surface area is 130 Å². The van der Waals surface area contributed by atoms with E-state index in [-0.39, 0.29) is 6.42 Å². The van der Waals surface area contributed by atoms with Gasteiger partial charge in [-0.1, -0.05) is 0 Å². The normalized spacial score (nSPS) is 12.6. The number of ether oxygens (including phenoxy) is 2. The second-order valence-corrected chi connectivity index (χ2v) is 6.25. The Kier molecular flexibility index (Phi) is 5.54. The van der Waals surface area contributed by atoms with Gasteiger partial charge in [0.05, 0.1) is 0 Å². The largest absolute Gasteiger partial charge is 0.514 e. The van der Waals surface area contributed by atoms with E-state index in [9.17, 15) is 9.59 Å². The van der Waals surface area contributed by atoms with Gasteiger partial charge >= 0.3 is 12.1 Å². The van der Waals surface area contributed by atoms with Gasteiger partial charge < -0.3 is 20.3 Å². The molecule has 3 N–H and O–H groups in total. The summed E-state index contributed by atoms with van der Waals surface area (Å²) in [5.41, 5.74) is 7.41. The van der Waals surface area contributed by atoms with Crippen molar-refractivity contribution in [2.24, 2.45) is 5.73 Å². The minimum Gasteiger partial charge on any atom is -0.480 e. The molecular formula is C16H23NO5. The smallest absolute Gasteiger partial charge is 0.480 e. The average molecular weight is 309 g/mol. The highest BCUT2D eigenvalue weighted by Gasteiger charge is 2.20. The van der Waals surface area contributed by atoms with Crippen LogP contribution in [0.5, 0.6) is 5.75 Å². The Hall–Kier alpha value is -2.08. The molecule has 1 unspecified atom stereocenters. The number of hydrogen-bond acceptors (Lipinski definition) is 5. The van der Waals surface area contributed by atoms with Gasteiger partial charge in [0, 0.05) is 0 Å². The number of carbonyl (C=O) groups excluding carboxylic acids is 1. The van der Waals surface area contributed by atoms with Crippen LogP contribution in [0.1, 0.15) is 37.5 Å². The third-order valence-corrected chi connectivity index (χ3v) is 3.00. The molecule has 0 aliphatic heterocycles. The highest BCUT2D eigenvalue weighted by molar-refractivity contribution is 5.73. The monoisotopic (exact) mass is 309 g/mol. The summed E-state index contributed by atoms with van der Waals surface area (Å²) in [6.45, 7) is 8.89. The van der Waals surface area contributed by atoms with Crippen LogP contribution in [0.4, 0.5) is 4.79 Å². The molecule has 0 aliphatic carbocycles. The van der Waals surface area contributed by atoms with E-state index in [1.165, 1.54) is 0 Å². The zero-order chi connectivity index (χ0) is 17.1. The molecule has 1 aromatic rings. The van der Waals surface area contributed by atoms with Crippen LogP contribution in [0, 0.1) is 13.8 Å². The minimum absolute atomic E-state index is 0.222. The second kappa shape index (κ2) is 6.79. The van der Waals surface area contributed by atoms with Gasteiger partial charge in [-0.2, -0.15) is 0 Å². The highest BCUT2D eigenvalue weighted by atomic mass is 16.7. The molecule has 0 bridgehead atoms. The highest BCUT2D eigenvalue weighted by Crippen LogP contribution is 2.24. The predicted molar refractivity (Wildman–Crippen MR) is 82.1 cm³/mol. The first-order valence-electron chi connectivity index (χ1n) is 6.99. The van der Waals surface area contributed by atoms with Crippen LogP contribution >= 0.6 is 0 Å². The van der Waals surface area contributed by atoms with Gasteiger partial charge in [0.2, 0.25) is 0 Å². The van der Waals surface area contributed by atoms with E-state index in [1.54, 1.807) is 32.9 Å². The molecule has 1 rings (SSSR count). The van der Waals surface area contributed by atoms with Crippen LogP contribution in [-0.4, -0.2) is 28.9 Å². The molecule has 122 valence electrons. The number of carboxylic acid groups (broad SMARTS) is 1. The predicted octanol–water partition coefficient (Wildman–Crippen LogP) is 2.57. The van der Waals surface area contributed by atoms with Gasteiger partial charge in [-0.3, -0.25) is 4.79 Å². The molecular weight excluding hydrogens is 286 g/mol. The zero-order valence-electron chi connectivity index (χ0n) is 13.6. The number of aryl methyl sites for hydroxylation is 2. The van der Waals surface area contributed by atoms with Crippen LogP contribution in [0.3, 0.4) is 0 Å². The minimum atomic E-state index is -1.05. The van der Waals surface area contributed by atoms with Gasteiger partial charge in [0.15, 0.2) is 0 Å². The standard InChI is InChI=1S/C16H23NO5/c1-9-6-11(21-15(20)22-16(3,4)5)7-10(2)12(9)8-13(17)14(18)19/h6-7,13H,8,17H2,1-5H3,(H,18,19). The van der Waals surface area contributed by atoms with Crippen LogP contribution < -0.4 is 10.5 Å². The van der Waals surface area contributed by atoms with Crippen LogP contribution in [-0.2, 0) is 16.0 Å². The SMILES string of the molecule is Cc1cc(OC(=O)OC(C)(C)C)cc(C)c1CC(N)C(=O)O. The van der Waals surface area contributed by atoms with E-state index in [1.807, 2.05) is 13.8 Å². The van der Waals surface area contributed by atoms with Gasteiger partial charge in [-0.15, -0.1) is 0 Å². The summed E-state index contributed by atoms with van der Waals surface area (Å²) in [5, 5.41) is 8.90. The van der Waals surface area contributed by atoms with Crippen molar-refractivity contribution < 1.29 is 24.2 Å². The lowest BCUT2D eigenvalue weighted by molar-refractivity contribution is -0.138. The van der Waals surface area contributed by atoms with Crippen molar-refractivity contribution in [1.82, 2.24) is 0 Å². The summed E-state index contributed by atoms with van der Waals surface area (Å²) in [4.78, 5) is 22.5. The second-order valence-electron chi connectivity index (χ2n) is 6.25. The van der Waals surface area contributed by atoms with Crippen LogP contribution in [0.15, 0.2) is 12.1 Å². The molecule has 22 heavy (non-hydrogen) atoms. The third kappa shape index (κ3) is 5.37. The fourth-order valence-electron chi connectivity index (χ4n) is 2.01. The van der Waals surface area contributed by atoms with Crippen molar-refractivity contribution in [3.63, 3.8) is 0 Å². The molecule has 0 aliphatic rings. The maximum absolute atomic E-state index is 11.7. The summed E-state index contributed by atoms with van der Waals surface area (Å²) in [5.74, 6) is -0.690. The first kappa shape index (κ1) is 18.0. The number of carbonyl (C=O) groups is 2. The number of hydrogen-bond donors (Lipinski definition) is 2. The number of nitrogens with two attached hydrogens (primary N) is 1. The Morgan fingerprint density at radius 1 is 1.23 bits per heavy atom. The molecule has 6 nitrogen and oxygen atoms in total. The van der Waals surface area contributed by atoms with Crippen LogP contribution in [0.25, 0.3) is 0 Å². The molecule has 0 saturated heterocycles. The van der Waals surface area contributed by atoms with Gasteiger partial charge in [-0.05, 0) is 69.9 Å². The summed E-state index contributed by atoms with van der Waals surface area (Å²) in [6.07, 6.45) is -0.555. The molecule has 0 radical (unpaired) electrons. The van der Waals surface area contributed by atoms with Gasteiger partial charge in [0.25, 0.3) is 0 Å². The van der Waals surface area contributed by atoms with Crippen molar-refractivity contribution in [1.29, 1.82) is 0 Å². The van der Waals surface area contributed by atoms with Gasteiger partial charge in [0.1, 0.15) is 17.4 Å². The van der Waals surface area contributed by atoms with E-state index in [2.05, 4.69) is 0 Å². The molecule has 0 spiro atoms. The molecule has 6 heteroatoms. The third-order valence-electron chi connectivity index (χ3n) is 3.00. The van der Waals surface area contributed by atoms with Crippen molar-refractivity contribution in [3.8, 4) is 5.75 Å². The lowest BCUT2D eigenvalue weighted by atomic mass is 9.96. The zero-order valence-corrected chi connectivity index (χ0v) is 13.6. The van der Waals surface area contributed by atoms with Crippen molar-refractivity contribution in [3.05, 3.63) is 28.8 Å². The molecule has 0 aromatic heterocycles. The van der Waals surface area contributed by atoms with Crippen molar-refractivity contribution in [2.45, 2.75) is 52.7 Å². The van der Waals surface area contributed by atoms with Gasteiger partial charge in [-0.25, -0.2) is 4.79 Å². The van der Waals surface area contributed by atoms with Crippen molar-refractivity contribution in [2.75, 3.05) is 0 Å². The quantitative estimate of drug-likeness (QED) is 0.655. The Bertz CT molecular complexity index is 551. The van der Waals surface area contributed by atoms with E-state index in [4.69, 9.17) is 20.3 Å².